The Bertz CT molecular complexity index is 544. The number of fused-ring (bicyclic) bond motifs is 4. The molecule has 0 saturated carbocycles. The minimum Gasteiger partial charge on any atom is -0.339 e. The number of hydrogen-bond acceptors (Lipinski definition) is 4. The molecule has 3 atom stereocenters. The average Bonchev–Trinajstić information content (AvgIpc) is 2.62. The van der Waals surface area contributed by atoms with Crippen LogP contribution in [0.25, 0.3) is 0 Å². The molecule has 146 valence electrons. The van der Waals surface area contributed by atoms with Crippen LogP contribution in [0.2, 0.25) is 0 Å². The number of piperazine rings is 1. The van der Waals surface area contributed by atoms with E-state index in [1.54, 1.807) is 0 Å². The lowest BCUT2D eigenvalue weighted by atomic mass is 9.76. The summed E-state index contributed by atoms with van der Waals surface area (Å²) in [7, 11) is 0. The largest absolute Gasteiger partial charge is 0.339 e. The minimum absolute atomic E-state index is 0.296. The van der Waals surface area contributed by atoms with Gasteiger partial charge < -0.3 is 9.80 Å². The first-order valence-corrected chi connectivity index (χ1v) is 10.5. The molecule has 26 heavy (non-hydrogen) atoms. The summed E-state index contributed by atoms with van der Waals surface area (Å²) < 4.78 is 0. The Hall–Kier alpha value is -1.14. The van der Waals surface area contributed by atoms with Crippen molar-refractivity contribution in [2.24, 2.45) is 11.8 Å². The fourth-order valence-electron chi connectivity index (χ4n) is 5.62. The fourth-order valence-corrected chi connectivity index (χ4v) is 5.62. The van der Waals surface area contributed by atoms with E-state index in [4.69, 9.17) is 0 Å². The Kier molecular flexibility index (Phi) is 5.24. The van der Waals surface area contributed by atoms with Gasteiger partial charge in [0.1, 0.15) is 0 Å². The van der Waals surface area contributed by atoms with Crippen LogP contribution >= 0.6 is 0 Å². The summed E-state index contributed by atoms with van der Waals surface area (Å²) in [6.07, 6.45) is 4.18. The lowest BCUT2D eigenvalue weighted by molar-refractivity contribution is -0.147. The van der Waals surface area contributed by atoms with E-state index in [0.29, 0.717) is 42.3 Å². The molecule has 4 aliphatic rings. The first kappa shape index (κ1) is 18.2. The Balaban J connectivity index is 1.31. The first-order chi connectivity index (χ1) is 12.5. The highest BCUT2D eigenvalue weighted by atomic mass is 16.2. The molecular weight excluding hydrogens is 328 g/mol. The van der Waals surface area contributed by atoms with Crippen LogP contribution in [-0.2, 0) is 9.59 Å². The molecule has 6 heteroatoms. The van der Waals surface area contributed by atoms with Crippen LogP contribution in [-0.4, -0.2) is 95.9 Å². The molecule has 0 aromatic rings. The second kappa shape index (κ2) is 7.47. The van der Waals surface area contributed by atoms with E-state index >= 15 is 0 Å². The van der Waals surface area contributed by atoms with Crippen LogP contribution in [0.5, 0.6) is 0 Å². The van der Waals surface area contributed by atoms with E-state index in [0.717, 1.165) is 65.1 Å². The number of rotatable bonds is 3. The average molecular weight is 363 g/mol. The summed E-state index contributed by atoms with van der Waals surface area (Å²) in [6, 6.07) is 0.995. The third-order valence-corrected chi connectivity index (χ3v) is 7.01. The highest BCUT2D eigenvalue weighted by molar-refractivity contribution is 5.78. The van der Waals surface area contributed by atoms with Gasteiger partial charge in [-0.2, -0.15) is 0 Å². The van der Waals surface area contributed by atoms with Gasteiger partial charge in [0, 0.05) is 64.3 Å². The van der Waals surface area contributed by atoms with Gasteiger partial charge in [0.05, 0.1) is 6.54 Å². The van der Waals surface area contributed by atoms with Gasteiger partial charge in [0.15, 0.2) is 0 Å². The van der Waals surface area contributed by atoms with Crippen molar-refractivity contribution in [1.29, 1.82) is 0 Å². The van der Waals surface area contributed by atoms with Crippen molar-refractivity contribution < 1.29 is 9.59 Å². The van der Waals surface area contributed by atoms with Gasteiger partial charge in [-0.15, -0.1) is 0 Å². The molecule has 0 unspecified atom stereocenters. The molecule has 4 aliphatic heterocycles. The summed E-state index contributed by atoms with van der Waals surface area (Å²) in [5.41, 5.74) is 0. The Labute approximate surface area is 157 Å². The van der Waals surface area contributed by atoms with Gasteiger partial charge >= 0.3 is 0 Å². The van der Waals surface area contributed by atoms with E-state index in [1.807, 2.05) is 0 Å². The van der Waals surface area contributed by atoms with Crippen molar-refractivity contribution in [1.82, 2.24) is 19.6 Å². The normalized spacial score (nSPS) is 33.5. The number of carbonyl (C=O) groups is 2. The van der Waals surface area contributed by atoms with Crippen molar-refractivity contribution in [2.45, 2.75) is 51.6 Å². The summed E-state index contributed by atoms with van der Waals surface area (Å²) in [5, 5.41) is 0. The molecule has 0 radical (unpaired) electrons. The lowest BCUT2D eigenvalue weighted by Gasteiger charge is -2.52. The van der Waals surface area contributed by atoms with E-state index < -0.39 is 0 Å². The predicted molar refractivity (Wildman–Crippen MR) is 101 cm³/mol. The van der Waals surface area contributed by atoms with Gasteiger partial charge in [-0.3, -0.25) is 19.4 Å². The standard InChI is InChI=1S/C20H34N4O2/c1-15(2)22-6-8-23(9-7-22)20(26)14-21-11-16-10-17(13-21)18-4-3-5-19(25)24(18)12-16/h15-18H,3-14H2,1-2H3/t16-,17-,18-/m1/s1. The second-order valence-corrected chi connectivity index (χ2v) is 9.07. The highest BCUT2D eigenvalue weighted by Crippen LogP contribution is 2.37. The number of nitrogens with zero attached hydrogens (tertiary/aromatic N) is 4. The molecule has 2 amide bonds. The maximum Gasteiger partial charge on any atom is 0.236 e. The molecule has 4 rings (SSSR count). The third kappa shape index (κ3) is 3.63. The molecular formula is C20H34N4O2. The van der Waals surface area contributed by atoms with Gasteiger partial charge in [0.25, 0.3) is 0 Å². The number of hydrogen-bond donors (Lipinski definition) is 0. The molecule has 0 aliphatic carbocycles. The van der Waals surface area contributed by atoms with Crippen molar-refractivity contribution in [3.63, 3.8) is 0 Å². The summed E-state index contributed by atoms with van der Waals surface area (Å²) in [4.78, 5) is 34.1. The predicted octanol–water partition coefficient (Wildman–Crippen LogP) is 0.872. The quantitative estimate of drug-likeness (QED) is 0.748. The van der Waals surface area contributed by atoms with Gasteiger partial charge in [-0.25, -0.2) is 0 Å². The second-order valence-electron chi connectivity index (χ2n) is 9.07. The van der Waals surface area contributed by atoms with E-state index in [2.05, 4.69) is 33.4 Å². The fraction of sp³-hybridized carbons (Fsp3) is 0.900. The molecule has 0 aromatic carbocycles. The lowest BCUT2D eigenvalue weighted by Crippen LogP contribution is -2.61. The van der Waals surface area contributed by atoms with Gasteiger partial charge in [0.2, 0.25) is 11.8 Å². The number of likely N-dealkylation sites (tertiary alicyclic amines) is 1. The van der Waals surface area contributed by atoms with Crippen molar-refractivity contribution >= 4 is 11.8 Å². The molecule has 0 N–H and O–H groups in total. The van der Waals surface area contributed by atoms with Crippen LogP contribution in [0.3, 0.4) is 0 Å². The van der Waals surface area contributed by atoms with E-state index in [-0.39, 0.29) is 0 Å². The molecule has 0 aromatic heterocycles. The molecule has 6 nitrogen and oxygen atoms in total. The summed E-state index contributed by atoms with van der Waals surface area (Å²) in [6.45, 7) is 11.6. The van der Waals surface area contributed by atoms with Gasteiger partial charge in [-0.05, 0) is 44.9 Å². The van der Waals surface area contributed by atoms with Crippen LogP contribution in [0, 0.1) is 11.8 Å². The molecule has 4 fully saturated rings. The Morgan fingerprint density at radius 3 is 2.62 bits per heavy atom. The maximum absolute atomic E-state index is 12.8. The van der Waals surface area contributed by atoms with Crippen molar-refractivity contribution in [3.05, 3.63) is 0 Å². The number of piperidine rings is 3. The molecule has 0 spiro atoms. The van der Waals surface area contributed by atoms with Crippen LogP contribution in [0.4, 0.5) is 0 Å². The van der Waals surface area contributed by atoms with Crippen LogP contribution in [0.15, 0.2) is 0 Å². The van der Waals surface area contributed by atoms with Crippen LogP contribution in [0.1, 0.15) is 39.5 Å². The third-order valence-electron chi connectivity index (χ3n) is 7.01. The zero-order valence-corrected chi connectivity index (χ0v) is 16.4. The van der Waals surface area contributed by atoms with Crippen molar-refractivity contribution in [3.8, 4) is 0 Å². The Morgan fingerprint density at radius 2 is 1.88 bits per heavy atom. The molecule has 4 saturated heterocycles. The smallest absolute Gasteiger partial charge is 0.236 e. The monoisotopic (exact) mass is 362 g/mol. The van der Waals surface area contributed by atoms with Gasteiger partial charge in [-0.1, -0.05) is 0 Å². The number of amides is 2. The number of carbonyl (C=O) groups excluding carboxylic acids is 2. The SMILES string of the molecule is CC(C)N1CCN(C(=O)CN2C[C@H]3C[C@H](C2)[C@H]2CCCC(=O)N2C3)CC1. The minimum atomic E-state index is 0.296. The van der Waals surface area contributed by atoms with Crippen molar-refractivity contribution in [2.75, 3.05) is 52.4 Å². The van der Waals surface area contributed by atoms with Crippen LogP contribution < -0.4 is 0 Å². The zero-order chi connectivity index (χ0) is 18.3. The topological polar surface area (TPSA) is 47.1 Å². The first-order valence-electron chi connectivity index (χ1n) is 10.5. The zero-order valence-electron chi connectivity index (χ0n) is 16.4. The highest BCUT2D eigenvalue weighted by Gasteiger charge is 2.44. The molecule has 2 bridgehead atoms. The summed E-state index contributed by atoms with van der Waals surface area (Å²) >= 11 is 0. The van der Waals surface area contributed by atoms with E-state index in [1.165, 1.54) is 6.42 Å². The maximum atomic E-state index is 12.8. The summed E-state index contributed by atoms with van der Waals surface area (Å²) in [5.74, 6) is 1.78. The molecule has 4 heterocycles. The Morgan fingerprint density at radius 1 is 1.12 bits per heavy atom. The van der Waals surface area contributed by atoms with E-state index in [9.17, 15) is 9.59 Å².